The predicted molar refractivity (Wildman–Crippen MR) is 154 cm³/mol. The van der Waals surface area contributed by atoms with E-state index in [1.54, 1.807) is 22.0 Å². The lowest BCUT2D eigenvalue weighted by atomic mass is 9.66. The van der Waals surface area contributed by atoms with E-state index in [-0.39, 0.29) is 31.6 Å². The molecule has 4 rings (SSSR count). The Morgan fingerprint density at radius 2 is 1.85 bits per heavy atom. The van der Waals surface area contributed by atoms with Gasteiger partial charge >= 0.3 is 5.97 Å². The summed E-state index contributed by atoms with van der Waals surface area (Å²) in [6.45, 7) is 14.4. The molecular weight excluding hydrogens is 508 g/mol. The molecule has 0 aliphatic carbocycles. The number of fused-ring (bicyclic) bond motifs is 1. The second-order valence-corrected chi connectivity index (χ2v) is 11.6. The number of nitrogens with zero attached hydrogens (tertiary/aromatic N) is 2. The van der Waals surface area contributed by atoms with Crippen molar-refractivity contribution in [1.82, 2.24) is 4.90 Å². The van der Waals surface area contributed by atoms with Crippen molar-refractivity contribution in [1.29, 1.82) is 0 Å². The average Bonchev–Trinajstić information content (AvgIpc) is 3.48. The molecule has 1 N–H and O–H groups in total. The molecule has 2 bridgehead atoms. The van der Waals surface area contributed by atoms with Crippen LogP contribution in [0.15, 0.2) is 43.5 Å². The maximum atomic E-state index is 14.7. The number of para-hydroxylation sites is 1. The fourth-order valence-corrected chi connectivity index (χ4v) is 7.18. The minimum atomic E-state index is -1.11. The number of anilines is 1. The van der Waals surface area contributed by atoms with Crippen LogP contribution in [0, 0.1) is 25.7 Å². The summed E-state index contributed by atoms with van der Waals surface area (Å²) in [5, 5.41) is 9.17. The van der Waals surface area contributed by atoms with E-state index in [1.807, 2.05) is 39.0 Å². The second kappa shape index (κ2) is 12.3. The lowest BCUT2D eigenvalue weighted by molar-refractivity contribution is -0.159. The summed E-state index contributed by atoms with van der Waals surface area (Å²) in [6.07, 6.45) is 8.03. The summed E-state index contributed by atoms with van der Waals surface area (Å²) in [6, 6.07) is 5.04. The van der Waals surface area contributed by atoms with Gasteiger partial charge in [0.25, 0.3) is 5.91 Å². The number of aryl methyl sites for hydroxylation is 2. The van der Waals surface area contributed by atoms with Crippen LogP contribution < -0.4 is 4.90 Å². The van der Waals surface area contributed by atoms with Crippen LogP contribution in [0.2, 0.25) is 0 Å². The highest BCUT2D eigenvalue weighted by atomic mass is 16.6. The monoisotopic (exact) mass is 552 g/mol. The average molecular weight is 553 g/mol. The van der Waals surface area contributed by atoms with Gasteiger partial charge in [0.05, 0.1) is 18.1 Å². The van der Waals surface area contributed by atoms with Gasteiger partial charge in [0.1, 0.15) is 17.6 Å². The first kappa shape index (κ1) is 30.0. The third-order valence-electron chi connectivity index (χ3n) is 8.93. The van der Waals surface area contributed by atoms with E-state index in [2.05, 4.69) is 13.2 Å². The van der Waals surface area contributed by atoms with Gasteiger partial charge in [0.2, 0.25) is 5.91 Å². The van der Waals surface area contributed by atoms with Crippen LogP contribution in [0.5, 0.6) is 0 Å². The molecule has 3 aliphatic heterocycles. The van der Waals surface area contributed by atoms with Crippen LogP contribution in [0.25, 0.3) is 0 Å². The second-order valence-electron chi connectivity index (χ2n) is 11.6. The molecule has 0 aromatic heterocycles. The van der Waals surface area contributed by atoms with Crippen molar-refractivity contribution < 1.29 is 29.0 Å². The number of hydrogen-bond acceptors (Lipinski definition) is 6. The summed E-state index contributed by atoms with van der Waals surface area (Å²) in [5.41, 5.74) is 0.736. The van der Waals surface area contributed by atoms with Crippen LogP contribution in [0.1, 0.15) is 63.0 Å². The lowest BCUT2D eigenvalue weighted by Crippen LogP contribution is -2.56. The van der Waals surface area contributed by atoms with E-state index in [4.69, 9.17) is 9.47 Å². The van der Waals surface area contributed by atoms with Gasteiger partial charge in [-0.3, -0.25) is 14.4 Å². The summed E-state index contributed by atoms with van der Waals surface area (Å²) in [4.78, 5) is 45.7. The molecule has 3 saturated heterocycles. The van der Waals surface area contributed by atoms with Crippen molar-refractivity contribution >= 4 is 23.5 Å². The Kier molecular flexibility index (Phi) is 9.20. The Bertz CT molecular complexity index is 1130. The normalized spacial score (nSPS) is 28.4. The van der Waals surface area contributed by atoms with E-state index in [1.165, 1.54) is 0 Å². The third-order valence-corrected chi connectivity index (χ3v) is 8.93. The Hall–Kier alpha value is -2.97. The first-order valence-electron chi connectivity index (χ1n) is 14.5. The number of benzene rings is 1. The quantitative estimate of drug-likeness (QED) is 0.211. The molecule has 1 spiro atoms. The molecule has 2 unspecified atom stereocenters. The van der Waals surface area contributed by atoms with Gasteiger partial charge in [0, 0.05) is 25.4 Å². The smallest absolute Gasteiger partial charge is 0.312 e. The lowest BCUT2D eigenvalue weighted by Gasteiger charge is -2.37. The molecule has 5 atom stereocenters. The van der Waals surface area contributed by atoms with Crippen LogP contribution in [-0.2, 0) is 23.9 Å². The zero-order chi connectivity index (χ0) is 29.1. The van der Waals surface area contributed by atoms with Gasteiger partial charge in [-0.1, -0.05) is 43.2 Å². The minimum Gasteiger partial charge on any atom is -0.465 e. The van der Waals surface area contributed by atoms with Crippen molar-refractivity contribution in [2.45, 2.75) is 83.0 Å². The molecule has 218 valence electrons. The first-order chi connectivity index (χ1) is 19.2. The molecule has 8 heteroatoms. The topological polar surface area (TPSA) is 96.4 Å². The van der Waals surface area contributed by atoms with Crippen molar-refractivity contribution in [3.05, 3.63) is 54.6 Å². The standard InChI is InChI=1S/C32H44N2O6/c1-6-8-21-39-30(38)25-24-28(36)34(19-11-9-10-12-20-35)27(32(24)17-16-31(25,5)40-32)29(37)33(18-7-2)26-22(3)14-13-15-23(26)4/h6-7,13-15,24-25,27,35H,1-2,8-12,16-21H2,3-5H3/t24-,25-,27?,31+,32?/m0/s1. The number of esters is 1. The Balaban J connectivity index is 1.74. The largest absolute Gasteiger partial charge is 0.465 e. The number of likely N-dealkylation sites (tertiary alicyclic amines) is 1. The van der Waals surface area contributed by atoms with Crippen molar-refractivity contribution in [3.8, 4) is 0 Å². The van der Waals surface area contributed by atoms with Gasteiger partial charge < -0.3 is 24.4 Å². The van der Waals surface area contributed by atoms with Crippen LogP contribution >= 0.6 is 0 Å². The predicted octanol–water partition coefficient (Wildman–Crippen LogP) is 4.26. The van der Waals surface area contributed by atoms with E-state index in [0.29, 0.717) is 38.6 Å². The fourth-order valence-electron chi connectivity index (χ4n) is 7.18. The number of carbonyl (C=O) groups is 3. The van der Waals surface area contributed by atoms with E-state index in [0.717, 1.165) is 29.7 Å². The summed E-state index contributed by atoms with van der Waals surface area (Å²) < 4.78 is 12.3. The zero-order valence-corrected chi connectivity index (χ0v) is 24.2. The molecular formula is C32H44N2O6. The Labute approximate surface area is 238 Å². The SMILES string of the molecule is C=CCCOC(=O)[C@@H]1[C@H]2C(=O)N(CCCCCCO)C(C(=O)N(CC=C)c3c(C)cccc3C)C23CC[C@@]1(C)O3. The molecule has 2 amide bonds. The molecule has 3 heterocycles. The molecule has 0 radical (unpaired) electrons. The number of aliphatic hydroxyl groups excluding tert-OH is 1. The minimum absolute atomic E-state index is 0.128. The molecule has 3 aliphatic rings. The van der Waals surface area contributed by atoms with Crippen LogP contribution in [-0.4, -0.2) is 71.3 Å². The van der Waals surface area contributed by atoms with Crippen molar-refractivity contribution in [3.63, 3.8) is 0 Å². The number of ether oxygens (including phenoxy) is 2. The molecule has 40 heavy (non-hydrogen) atoms. The summed E-state index contributed by atoms with van der Waals surface area (Å²) >= 11 is 0. The number of aliphatic hydroxyl groups is 1. The summed E-state index contributed by atoms with van der Waals surface area (Å²) in [7, 11) is 0. The van der Waals surface area contributed by atoms with Gasteiger partial charge in [-0.2, -0.15) is 0 Å². The highest BCUT2D eigenvalue weighted by molar-refractivity contribution is 6.05. The highest BCUT2D eigenvalue weighted by Crippen LogP contribution is 2.63. The Morgan fingerprint density at radius 1 is 1.15 bits per heavy atom. The van der Waals surface area contributed by atoms with Crippen LogP contribution in [0.3, 0.4) is 0 Å². The van der Waals surface area contributed by atoms with Gasteiger partial charge in [-0.15, -0.1) is 13.2 Å². The van der Waals surface area contributed by atoms with Gasteiger partial charge in [-0.05, 0) is 64.0 Å². The van der Waals surface area contributed by atoms with Crippen LogP contribution in [0.4, 0.5) is 5.69 Å². The third kappa shape index (κ3) is 5.12. The fraction of sp³-hybridized carbons (Fsp3) is 0.594. The van der Waals surface area contributed by atoms with E-state index < -0.39 is 35.0 Å². The molecule has 8 nitrogen and oxygen atoms in total. The molecule has 3 fully saturated rings. The van der Waals surface area contributed by atoms with E-state index in [9.17, 15) is 19.5 Å². The summed E-state index contributed by atoms with van der Waals surface area (Å²) in [5.74, 6) is -2.43. The molecule has 1 aromatic carbocycles. The van der Waals surface area contributed by atoms with Crippen molar-refractivity contribution in [2.75, 3.05) is 31.2 Å². The highest BCUT2D eigenvalue weighted by Gasteiger charge is 2.78. The van der Waals surface area contributed by atoms with E-state index >= 15 is 0 Å². The number of amides is 2. The molecule has 1 aromatic rings. The Morgan fingerprint density at radius 3 is 2.50 bits per heavy atom. The number of rotatable bonds is 14. The zero-order valence-electron chi connectivity index (χ0n) is 24.2. The van der Waals surface area contributed by atoms with Gasteiger partial charge in [-0.25, -0.2) is 0 Å². The first-order valence-corrected chi connectivity index (χ1v) is 14.5. The number of carbonyl (C=O) groups excluding carboxylic acids is 3. The molecule has 0 saturated carbocycles. The number of unbranched alkanes of at least 4 members (excludes halogenated alkanes) is 3. The maximum absolute atomic E-state index is 14.7. The van der Waals surface area contributed by atoms with Gasteiger partial charge in [0.15, 0.2) is 0 Å². The number of hydrogen-bond donors (Lipinski definition) is 1. The van der Waals surface area contributed by atoms with Crippen molar-refractivity contribution in [2.24, 2.45) is 11.8 Å². The maximum Gasteiger partial charge on any atom is 0.312 e.